The molecule has 182 valence electrons. The van der Waals surface area contributed by atoms with Crippen molar-refractivity contribution in [1.82, 2.24) is 15.0 Å². The van der Waals surface area contributed by atoms with E-state index in [9.17, 15) is 13.9 Å². The highest BCUT2D eigenvalue weighted by molar-refractivity contribution is 6.30. The molecule has 2 aromatic carbocycles. The number of aryl methyl sites for hydroxylation is 1. The van der Waals surface area contributed by atoms with E-state index in [4.69, 9.17) is 27.1 Å². The van der Waals surface area contributed by atoms with Crippen LogP contribution in [-0.2, 0) is 0 Å². The smallest absolute Gasteiger partial charge is 0.167 e. The lowest BCUT2D eigenvalue weighted by molar-refractivity contribution is 0.132. The number of H-pyrrole nitrogens is 1. The fraction of sp³-hybridized carbons (Fsp3) is 0.280. The molecule has 0 amide bonds. The molecule has 1 aliphatic rings. The number of β-amino-alcohol motifs (C(OH)–C–C–N with tert-alkyl or cyclic N) is 1. The van der Waals surface area contributed by atoms with Crippen molar-refractivity contribution in [2.24, 2.45) is 5.73 Å². The Hall–Kier alpha value is -3.27. The minimum absolute atomic E-state index is 0.0851. The van der Waals surface area contributed by atoms with Crippen LogP contribution >= 0.6 is 11.6 Å². The highest BCUT2D eigenvalue weighted by Gasteiger charge is 2.30. The maximum absolute atomic E-state index is 14.3. The van der Waals surface area contributed by atoms with Crippen molar-refractivity contribution in [3.05, 3.63) is 58.9 Å². The summed E-state index contributed by atoms with van der Waals surface area (Å²) in [6.07, 6.45) is 1.47. The van der Waals surface area contributed by atoms with Crippen molar-refractivity contribution in [2.45, 2.75) is 25.5 Å². The molecule has 0 aliphatic carbocycles. The Morgan fingerprint density at radius 2 is 2.03 bits per heavy atom. The van der Waals surface area contributed by atoms with Crippen LogP contribution in [-0.4, -0.2) is 52.4 Å². The number of hydrogen-bond donors (Lipinski definition) is 3. The van der Waals surface area contributed by atoms with Crippen molar-refractivity contribution in [2.75, 3.05) is 25.1 Å². The second kappa shape index (κ2) is 9.07. The fourth-order valence-corrected chi connectivity index (χ4v) is 4.79. The molecule has 1 aliphatic heterocycles. The SMILES string of the molecule is COc1cc2nc(-c3c(C)ncc(-c4cc(F)cc(Cl)c4)c3N3CC[C@@H](N)[C@@H](O)C3)[nH]c2cc1F. The van der Waals surface area contributed by atoms with Gasteiger partial charge in [0.15, 0.2) is 11.6 Å². The molecule has 0 unspecified atom stereocenters. The molecule has 0 radical (unpaired) electrons. The van der Waals surface area contributed by atoms with Gasteiger partial charge in [0, 0.05) is 48.0 Å². The molecule has 2 atom stereocenters. The normalized spacial score (nSPS) is 18.3. The maximum Gasteiger partial charge on any atom is 0.167 e. The van der Waals surface area contributed by atoms with Gasteiger partial charge in [0.1, 0.15) is 11.6 Å². The van der Waals surface area contributed by atoms with Gasteiger partial charge in [0.2, 0.25) is 0 Å². The zero-order valence-electron chi connectivity index (χ0n) is 19.1. The molecule has 5 rings (SSSR count). The van der Waals surface area contributed by atoms with E-state index in [0.717, 1.165) is 0 Å². The first kappa shape index (κ1) is 23.5. The number of benzene rings is 2. The van der Waals surface area contributed by atoms with Gasteiger partial charge in [0.05, 0.1) is 41.2 Å². The Balaban J connectivity index is 1.76. The summed E-state index contributed by atoms with van der Waals surface area (Å²) in [6.45, 7) is 2.67. The van der Waals surface area contributed by atoms with Crippen LogP contribution in [0.2, 0.25) is 5.02 Å². The van der Waals surface area contributed by atoms with Gasteiger partial charge in [-0.1, -0.05) is 11.6 Å². The summed E-state index contributed by atoms with van der Waals surface area (Å²) in [7, 11) is 1.39. The molecule has 0 bridgehead atoms. The van der Waals surface area contributed by atoms with Crippen LogP contribution in [0.1, 0.15) is 12.1 Å². The van der Waals surface area contributed by atoms with Crippen LogP contribution in [0, 0.1) is 18.6 Å². The van der Waals surface area contributed by atoms with Crippen LogP contribution in [0.4, 0.5) is 14.5 Å². The number of aliphatic hydroxyl groups excluding tert-OH is 1. The van der Waals surface area contributed by atoms with E-state index in [1.165, 1.54) is 31.4 Å². The minimum atomic E-state index is -0.747. The van der Waals surface area contributed by atoms with Crippen LogP contribution in [0.3, 0.4) is 0 Å². The van der Waals surface area contributed by atoms with Crippen molar-refractivity contribution in [3.63, 3.8) is 0 Å². The second-order valence-electron chi connectivity index (χ2n) is 8.69. The minimum Gasteiger partial charge on any atom is -0.494 e. The highest BCUT2D eigenvalue weighted by Crippen LogP contribution is 2.42. The van der Waals surface area contributed by atoms with E-state index < -0.39 is 17.7 Å². The number of anilines is 1. The van der Waals surface area contributed by atoms with Gasteiger partial charge in [-0.3, -0.25) is 4.98 Å². The van der Waals surface area contributed by atoms with E-state index in [1.807, 2.05) is 11.8 Å². The molecule has 1 fully saturated rings. The molecule has 3 heterocycles. The predicted octanol–water partition coefficient (Wildman–Crippen LogP) is 4.44. The summed E-state index contributed by atoms with van der Waals surface area (Å²) < 4.78 is 33.7. The molecule has 4 aromatic rings. The largest absolute Gasteiger partial charge is 0.494 e. The lowest BCUT2D eigenvalue weighted by Crippen LogP contribution is -2.51. The first-order valence-corrected chi connectivity index (χ1v) is 11.5. The Morgan fingerprint density at radius 1 is 1.23 bits per heavy atom. The molecule has 10 heteroatoms. The number of ether oxygens (including phenoxy) is 1. The maximum atomic E-state index is 14.3. The molecule has 1 saturated heterocycles. The number of nitrogens with two attached hydrogens (primary N) is 1. The predicted molar refractivity (Wildman–Crippen MR) is 132 cm³/mol. The number of hydrogen-bond acceptors (Lipinski definition) is 6. The quantitative estimate of drug-likeness (QED) is 0.384. The number of methoxy groups -OCH3 is 1. The third kappa shape index (κ3) is 4.31. The van der Waals surface area contributed by atoms with Gasteiger partial charge >= 0.3 is 0 Å². The van der Waals surface area contributed by atoms with Gasteiger partial charge < -0.3 is 25.5 Å². The zero-order valence-corrected chi connectivity index (χ0v) is 19.9. The average molecular weight is 500 g/mol. The number of aliphatic hydroxyl groups is 1. The van der Waals surface area contributed by atoms with Crippen LogP contribution in [0.25, 0.3) is 33.5 Å². The number of pyridine rings is 1. The Bertz CT molecular complexity index is 1410. The Labute approximate surface area is 205 Å². The average Bonchev–Trinajstić information content (AvgIpc) is 3.21. The van der Waals surface area contributed by atoms with Crippen molar-refractivity contribution in [3.8, 4) is 28.3 Å². The second-order valence-corrected chi connectivity index (χ2v) is 9.13. The number of fused-ring (bicyclic) bond motifs is 1. The van der Waals surface area contributed by atoms with Crippen molar-refractivity contribution >= 4 is 28.3 Å². The molecular weight excluding hydrogens is 476 g/mol. The van der Waals surface area contributed by atoms with Crippen LogP contribution < -0.4 is 15.4 Å². The monoisotopic (exact) mass is 499 g/mol. The molecule has 0 saturated carbocycles. The van der Waals surface area contributed by atoms with Gasteiger partial charge in [0.25, 0.3) is 0 Å². The molecule has 2 aromatic heterocycles. The van der Waals surface area contributed by atoms with Gasteiger partial charge in [-0.2, -0.15) is 0 Å². The number of nitrogens with zero attached hydrogens (tertiary/aromatic N) is 3. The number of halogens is 3. The lowest BCUT2D eigenvalue weighted by Gasteiger charge is -2.37. The zero-order chi connectivity index (χ0) is 24.9. The molecule has 35 heavy (non-hydrogen) atoms. The van der Waals surface area contributed by atoms with E-state index in [2.05, 4.69) is 9.97 Å². The van der Waals surface area contributed by atoms with Crippen LogP contribution in [0.15, 0.2) is 36.5 Å². The Morgan fingerprint density at radius 3 is 2.74 bits per heavy atom. The van der Waals surface area contributed by atoms with E-state index in [1.54, 1.807) is 12.3 Å². The topological polar surface area (TPSA) is 100 Å². The van der Waals surface area contributed by atoms with Crippen LogP contribution in [0.5, 0.6) is 5.75 Å². The first-order chi connectivity index (χ1) is 16.7. The van der Waals surface area contributed by atoms with Crippen molar-refractivity contribution in [1.29, 1.82) is 0 Å². The van der Waals surface area contributed by atoms with Gasteiger partial charge in [-0.05, 0) is 37.1 Å². The number of piperidine rings is 1. The number of aromatic amines is 1. The molecular formula is C25H24ClF2N5O2. The summed E-state index contributed by atoms with van der Waals surface area (Å²) in [5, 5.41) is 10.8. The first-order valence-electron chi connectivity index (χ1n) is 11.1. The number of rotatable bonds is 4. The summed E-state index contributed by atoms with van der Waals surface area (Å²) in [5.74, 6) is -0.447. The molecule has 0 spiro atoms. The summed E-state index contributed by atoms with van der Waals surface area (Å²) in [4.78, 5) is 14.4. The fourth-order valence-electron chi connectivity index (χ4n) is 4.56. The van der Waals surface area contributed by atoms with Gasteiger partial charge in [-0.25, -0.2) is 13.8 Å². The highest BCUT2D eigenvalue weighted by atomic mass is 35.5. The summed E-state index contributed by atoms with van der Waals surface area (Å²) >= 11 is 6.17. The summed E-state index contributed by atoms with van der Waals surface area (Å²) in [6, 6.07) is 6.79. The van der Waals surface area contributed by atoms with E-state index in [0.29, 0.717) is 57.9 Å². The van der Waals surface area contributed by atoms with Gasteiger partial charge in [-0.15, -0.1) is 0 Å². The molecule has 4 N–H and O–H groups in total. The lowest BCUT2D eigenvalue weighted by atomic mass is 9.96. The van der Waals surface area contributed by atoms with E-state index in [-0.39, 0.29) is 23.4 Å². The Kier molecular flexibility index (Phi) is 6.08. The number of imidazole rings is 1. The van der Waals surface area contributed by atoms with Crippen molar-refractivity contribution < 1.29 is 18.6 Å². The number of nitrogens with one attached hydrogen (secondary N) is 1. The molecule has 7 nitrogen and oxygen atoms in total. The summed E-state index contributed by atoms with van der Waals surface area (Å²) in [5.41, 5.74) is 10.2. The number of aromatic nitrogens is 3. The third-order valence-electron chi connectivity index (χ3n) is 6.36. The third-order valence-corrected chi connectivity index (χ3v) is 6.58. The van der Waals surface area contributed by atoms with E-state index >= 15 is 0 Å². The standard InChI is InChI=1S/C25H24ClF2N5O2/c1-12-23(25-31-19-8-17(28)22(35-2)9-20(19)32-25)24(33-4-3-18(29)21(34)11-33)16(10-30-12)13-5-14(26)7-15(27)6-13/h5-10,18,21,34H,3-4,11,29H2,1-2H3,(H,31,32)/t18-,21+/m1/s1.